The van der Waals surface area contributed by atoms with Gasteiger partial charge in [-0.15, -0.1) is 0 Å². The van der Waals surface area contributed by atoms with Gasteiger partial charge in [0, 0.05) is 0 Å². The van der Waals surface area contributed by atoms with Crippen LogP contribution in [0.15, 0.2) is 42.5 Å². The highest BCUT2D eigenvalue weighted by molar-refractivity contribution is 5.72. The molecule has 0 unspecified atom stereocenters. The van der Waals surface area contributed by atoms with E-state index in [0.29, 0.717) is 0 Å². The average molecular weight is 238 g/mol. The van der Waals surface area contributed by atoms with E-state index in [0.717, 1.165) is 19.3 Å². The van der Waals surface area contributed by atoms with Crippen molar-refractivity contribution in [3.8, 4) is 11.1 Å². The zero-order valence-electron chi connectivity index (χ0n) is 11.7. The van der Waals surface area contributed by atoms with Crippen LogP contribution in [0, 0.1) is 0 Å². The van der Waals surface area contributed by atoms with Crippen molar-refractivity contribution in [2.45, 2.75) is 40.0 Å². The Morgan fingerprint density at radius 1 is 0.611 bits per heavy atom. The smallest absolute Gasteiger partial charge is 0.0147 e. The predicted molar refractivity (Wildman–Crippen MR) is 80.0 cm³/mol. The summed E-state index contributed by atoms with van der Waals surface area (Å²) in [5.74, 6) is 0. The summed E-state index contributed by atoms with van der Waals surface area (Å²) in [4.78, 5) is 0. The quantitative estimate of drug-likeness (QED) is 0.700. The molecule has 0 aromatic heterocycles. The lowest BCUT2D eigenvalue weighted by Crippen LogP contribution is -1.97. The van der Waals surface area contributed by atoms with E-state index in [4.69, 9.17) is 0 Å². The van der Waals surface area contributed by atoms with E-state index in [2.05, 4.69) is 63.2 Å². The van der Waals surface area contributed by atoms with E-state index in [1.54, 1.807) is 0 Å². The summed E-state index contributed by atoms with van der Waals surface area (Å²) in [5, 5.41) is 0. The zero-order valence-corrected chi connectivity index (χ0v) is 11.7. The van der Waals surface area contributed by atoms with Crippen LogP contribution in [0.2, 0.25) is 0 Å². The van der Waals surface area contributed by atoms with Gasteiger partial charge in [0.25, 0.3) is 0 Å². The van der Waals surface area contributed by atoms with Crippen molar-refractivity contribution in [3.63, 3.8) is 0 Å². The molecule has 0 bridgehead atoms. The van der Waals surface area contributed by atoms with Gasteiger partial charge in [-0.1, -0.05) is 63.2 Å². The Kier molecular flexibility index (Phi) is 4.19. The second-order valence-electron chi connectivity index (χ2n) is 4.66. The molecule has 0 saturated carbocycles. The summed E-state index contributed by atoms with van der Waals surface area (Å²) in [7, 11) is 0. The third-order valence-corrected chi connectivity index (χ3v) is 3.70. The second kappa shape index (κ2) is 5.86. The third-order valence-electron chi connectivity index (χ3n) is 3.70. The zero-order chi connectivity index (χ0) is 13.0. The first-order valence-corrected chi connectivity index (χ1v) is 7.00. The fraction of sp³-hybridized carbons (Fsp3) is 0.333. The van der Waals surface area contributed by atoms with E-state index in [1.165, 1.54) is 27.8 Å². The molecule has 2 aromatic carbocycles. The van der Waals surface area contributed by atoms with E-state index in [-0.39, 0.29) is 0 Å². The van der Waals surface area contributed by atoms with Gasteiger partial charge in [0.15, 0.2) is 0 Å². The molecule has 2 rings (SSSR count). The highest BCUT2D eigenvalue weighted by atomic mass is 14.1. The molecule has 0 aliphatic carbocycles. The van der Waals surface area contributed by atoms with Crippen molar-refractivity contribution >= 4 is 0 Å². The summed E-state index contributed by atoms with van der Waals surface area (Å²) in [6.07, 6.45) is 3.32. The van der Waals surface area contributed by atoms with Gasteiger partial charge in [0.05, 0.1) is 0 Å². The normalized spacial score (nSPS) is 10.6. The van der Waals surface area contributed by atoms with Gasteiger partial charge in [-0.25, -0.2) is 0 Å². The summed E-state index contributed by atoms with van der Waals surface area (Å²) in [6, 6.07) is 15.5. The topological polar surface area (TPSA) is 0 Å². The Balaban J connectivity index is 2.63. The maximum Gasteiger partial charge on any atom is -0.0147 e. The van der Waals surface area contributed by atoms with Crippen molar-refractivity contribution in [1.29, 1.82) is 0 Å². The SMILES string of the molecule is CCc1ccccc1-c1cccc(CC)c1CC. The molecule has 94 valence electrons. The summed E-state index contributed by atoms with van der Waals surface area (Å²) in [5.41, 5.74) is 7.28. The number of benzene rings is 2. The van der Waals surface area contributed by atoms with Crippen molar-refractivity contribution in [3.05, 3.63) is 59.2 Å². The van der Waals surface area contributed by atoms with Gasteiger partial charge in [-0.2, -0.15) is 0 Å². The van der Waals surface area contributed by atoms with Crippen LogP contribution in [0.5, 0.6) is 0 Å². The van der Waals surface area contributed by atoms with Crippen LogP contribution in [0.1, 0.15) is 37.5 Å². The Bertz CT molecular complexity index is 523. The van der Waals surface area contributed by atoms with E-state index in [9.17, 15) is 0 Å². The number of hydrogen-bond acceptors (Lipinski definition) is 0. The molecule has 0 heterocycles. The Hall–Kier alpha value is -1.56. The van der Waals surface area contributed by atoms with E-state index >= 15 is 0 Å². The van der Waals surface area contributed by atoms with Crippen molar-refractivity contribution in [2.24, 2.45) is 0 Å². The predicted octanol–water partition coefficient (Wildman–Crippen LogP) is 5.04. The lowest BCUT2D eigenvalue weighted by Gasteiger charge is -2.15. The molecular weight excluding hydrogens is 216 g/mol. The largest absolute Gasteiger partial charge is 0.0620 e. The van der Waals surface area contributed by atoms with Crippen LogP contribution in [0.4, 0.5) is 0 Å². The molecule has 0 amide bonds. The minimum atomic E-state index is 1.09. The standard InChI is InChI=1S/C18H22/c1-4-14-11-9-13-18(16(14)6-3)17-12-8-7-10-15(17)5-2/h7-13H,4-6H2,1-3H3. The van der Waals surface area contributed by atoms with E-state index in [1.807, 2.05) is 0 Å². The Labute approximate surface area is 111 Å². The highest BCUT2D eigenvalue weighted by Crippen LogP contribution is 2.30. The molecule has 0 aliphatic heterocycles. The van der Waals surface area contributed by atoms with Gasteiger partial charge in [-0.3, -0.25) is 0 Å². The van der Waals surface area contributed by atoms with Crippen molar-refractivity contribution in [2.75, 3.05) is 0 Å². The fourth-order valence-corrected chi connectivity index (χ4v) is 2.73. The second-order valence-corrected chi connectivity index (χ2v) is 4.66. The summed E-state index contributed by atoms with van der Waals surface area (Å²) < 4.78 is 0. The number of aryl methyl sites for hydroxylation is 2. The van der Waals surface area contributed by atoms with Gasteiger partial charge in [0.1, 0.15) is 0 Å². The molecule has 0 aliphatic rings. The van der Waals surface area contributed by atoms with Crippen LogP contribution >= 0.6 is 0 Å². The maximum absolute atomic E-state index is 2.27. The van der Waals surface area contributed by atoms with Gasteiger partial charge in [-0.05, 0) is 47.1 Å². The minimum absolute atomic E-state index is 1.09. The average Bonchev–Trinajstić information content (AvgIpc) is 2.46. The molecule has 0 atom stereocenters. The maximum atomic E-state index is 2.27. The fourth-order valence-electron chi connectivity index (χ4n) is 2.73. The van der Waals surface area contributed by atoms with Crippen LogP contribution in [0.25, 0.3) is 11.1 Å². The lowest BCUT2D eigenvalue weighted by molar-refractivity contribution is 1.04. The molecule has 18 heavy (non-hydrogen) atoms. The molecule has 0 fully saturated rings. The first kappa shape index (κ1) is 12.9. The van der Waals surface area contributed by atoms with Crippen LogP contribution in [-0.4, -0.2) is 0 Å². The first-order chi connectivity index (χ1) is 8.81. The summed E-state index contributed by atoms with van der Waals surface area (Å²) in [6.45, 7) is 6.73. The monoisotopic (exact) mass is 238 g/mol. The van der Waals surface area contributed by atoms with Crippen LogP contribution < -0.4 is 0 Å². The Morgan fingerprint density at radius 2 is 1.22 bits per heavy atom. The molecule has 0 N–H and O–H groups in total. The van der Waals surface area contributed by atoms with Crippen LogP contribution in [0.3, 0.4) is 0 Å². The van der Waals surface area contributed by atoms with Gasteiger partial charge >= 0.3 is 0 Å². The highest BCUT2D eigenvalue weighted by Gasteiger charge is 2.09. The first-order valence-electron chi connectivity index (χ1n) is 7.00. The van der Waals surface area contributed by atoms with Gasteiger partial charge < -0.3 is 0 Å². The molecule has 0 nitrogen and oxygen atoms in total. The molecule has 0 radical (unpaired) electrons. The number of rotatable bonds is 4. The van der Waals surface area contributed by atoms with E-state index < -0.39 is 0 Å². The minimum Gasteiger partial charge on any atom is -0.0620 e. The lowest BCUT2D eigenvalue weighted by atomic mass is 9.90. The third kappa shape index (κ3) is 2.33. The van der Waals surface area contributed by atoms with Gasteiger partial charge in [0.2, 0.25) is 0 Å². The van der Waals surface area contributed by atoms with Crippen molar-refractivity contribution < 1.29 is 0 Å². The van der Waals surface area contributed by atoms with Crippen LogP contribution in [-0.2, 0) is 19.3 Å². The molecule has 2 aromatic rings. The summed E-state index contributed by atoms with van der Waals surface area (Å²) >= 11 is 0. The number of hydrogen-bond donors (Lipinski definition) is 0. The van der Waals surface area contributed by atoms with Crippen molar-refractivity contribution in [1.82, 2.24) is 0 Å². The molecule has 0 saturated heterocycles. The molecule has 0 spiro atoms. The molecule has 0 heteroatoms. The Morgan fingerprint density at radius 3 is 1.89 bits per heavy atom. The molecular formula is C18H22.